The van der Waals surface area contributed by atoms with Crippen LogP contribution in [-0.4, -0.2) is 37.2 Å². The van der Waals surface area contributed by atoms with Crippen molar-refractivity contribution in [2.75, 3.05) is 13.2 Å². The molecule has 0 aromatic rings. The minimum absolute atomic E-state index is 0.101. The Morgan fingerprint density at radius 2 is 0.738 bits per heavy atom. The van der Waals surface area contributed by atoms with E-state index in [4.69, 9.17) is 14.2 Å². The smallest absolute Gasteiger partial charge is 0.306 e. The lowest BCUT2D eigenvalue weighted by molar-refractivity contribution is -0.167. The summed E-state index contributed by atoms with van der Waals surface area (Å²) in [5.74, 6) is -0.962. The molecule has 0 radical (unpaired) electrons. The van der Waals surface area contributed by atoms with E-state index in [9.17, 15) is 14.4 Å². The van der Waals surface area contributed by atoms with Crippen LogP contribution in [0.25, 0.3) is 0 Å². The quantitative estimate of drug-likeness (QED) is 0.0200. The third-order valence-corrected chi connectivity index (χ3v) is 10.2. The van der Waals surface area contributed by atoms with E-state index in [0.717, 1.165) is 128 Å². The number of carbonyl (C=O) groups is 3. The molecule has 61 heavy (non-hydrogen) atoms. The molecule has 0 spiro atoms. The molecule has 0 aromatic carbocycles. The summed E-state index contributed by atoms with van der Waals surface area (Å²) in [6, 6.07) is 0. The summed E-state index contributed by atoms with van der Waals surface area (Å²) in [7, 11) is 0. The Morgan fingerprint density at radius 3 is 1.23 bits per heavy atom. The minimum Gasteiger partial charge on any atom is -0.462 e. The van der Waals surface area contributed by atoms with Crippen molar-refractivity contribution in [2.24, 2.45) is 0 Å². The number of esters is 3. The van der Waals surface area contributed by atoms with Gasteiger partial charge in [-0.2, -0.15) is 0 Å². The second-order valence-electron chi connectivity index (χ2n) is 16.1. The largest absolute Gasteiger partial charge is 0.462 e. The Kier molecular flexibility index (Phi) is 46.0. The summed E-state index contributed by atoms with van der Waals surface area (Å²) in [6.45, 7) is 6.37. The predicted octanol–water partition coefficient (Wildman–Crippen LogP) is 16.2. The van der Waals surface area contributed by atoms with Gasteiger partial charge < -0.3 is 14.2 Å². The maximum absolute atomic E-state index is 12.8. The molecule has 0 fully saturated rings. The highest BCUT2D eigenvalue weighted by molar-refractivity contribution is 5.71. The molecule has 0 saturated carbocycles. The zero-order valence-corrected chi connectivity index (χ0v) is 39.4. The Labute approximate surface area is 375 Å². The minimum atomic E-state index is -0.802. The Hall–Kier alpha value is -3.67. The summed E-state index contributed by atoms with van der Waals surface area (Å²) in [4.78, 5) is 37.9. The van der Waals surface area contributed by atoms with Gasteiger partial charge in [-0.05, 0) is 89.9 Å². The third-order valence-electron chi connectivity index (χ3n) is 10.2. The van der Waals surface area contributed by atoms with Gasteiger partial charge in [0.1, 0.15) is 13.2 Å². The first-order chi connectivity index (χ1) is 30.0. The summed E-state index contributed by atoms with van der Waals surface area (Å²) in [5, 5.41) is 0. The van der Waals surface area contributed by atoms with Gasteiger partial charge in [-0.15, -0.1) is 0 Å². The summed E-state index contributed by atoms with van der Waals surface area (Å²) < 4.78 is 16.7. The summed E-state index contributed by atoms with van der Waals surface area (Å²) in [5.41, 5.74) is 0. The number of carbonyl (C=O) groups excluding carboxylic acids is 3. The SMILES string of the molecule is CC/C=C\C/C=C\CCCCCCCC(=O)OCC(COC(=O)CCCCCCC\C=C/C=C\C=C/C=C\C=C/CCC)OC(=O)CCCCC/C=C\CCCCCCCC. The van der Waals surface area contributed by atoms with Gasteiger partial charge in [0.2, 0.25) is 0 Å². The molecule has 0 amide bonds. The normalized spacial score (nSPS) is 12.9. The molecule has 1 atom stereocenters. The van der Waals surface area contributed by atoms with Crippen LogP contribution in [0.5, 0.6) is 0 Å². The highest BCUT2D eigenvalue weighted by Gasteiger charge is 2.19. The summed E-state index contributed by atoms with van der Waals surface area (Å²) in [6.07, 6.45) is 63.8. The fraction of sp³-hybridized carbons (Fsp3) is 0.655. The summed E-state index contributed by atoms with van der Waals surface area (Å²) >= 11 is 0. The molecule has 0 aliphatic rings. The topological polar surface area (TPSA) is 78.9 Å². The highest BCUT2D eigenvalue weighted by atomic mass is 16.6. The number of unbranched alkanes of at least 4 members (excludes halogenated alkanes) is 20. The first-order valence-corrected chi connectivity index (χ1v) is 24.8. The van der Waals surface area contributed by atoms with Crippen molar-refractivity contribution in [3.63, 3.8) is 0 Å². The van der Waals surface area contributed by atoms with Gasteiger partial charge in [-0.3, -0.25) is 14.4 Å². The van der Waals surface area contributed by atoms with E-state index >= 15 is 0 Å². The maximum atomic E-state index is 12.8. The van der Waals surface area contributed by atoms with Crippen molar-refractivity contribution in [3.8, 4) is 0 Å². The standard InChI is InChI=1S/C55H90O6/c1-4-7-10-13-16-19-22-25-26-27-28-29-31-33-36-39-42-45-48-54(57)60-51-52(50-59-53(56)47-44-41-38-35-32-24-21-18-15-12-9-6-3)61-55(58)49-46-43-40-37-34-30-23-20-17-14-11-8-5-2/h9-10,12-13,16,18-19,21-22,25-30,34,52H,4-8,11,14-15,17,20,23-24,31-33,35-51H2,1-3H3/b12-9-,13-10-,19-16-,21-18-,25-22-,27-26-,29-28-,34-30-. The van der Waals surface area contributed by atoms with Crippen LogP contribution in [0.4, 0.5) is 0 Å². The van der Waals surface area contributed by atoms with Crippen LogP contribution in [0.3, 0.4) is 0 Å². The van der Waals surface area contributed by atoms with Crippen molar-refractivity contribution >= 4 is 17.9 Å². The molecular weight excluding hydrogens is 757 g/mol. The second kappa shape index (κ2) is 49.0. The van der Waals surface area contributed by atoms with Crippen molar-refractivity contribution in [2.45, 2.75) is 219 Å². The van der Waals surface area contributed by atoms with Crippen molar-refractivity contribution in [1.29, 1.82) is 0 Å². The van der Waals surface area contributed by atoms with E-state index in [1.54, 1.807) is 0 Å². The van der Waals surface area contributed by atoms with Crippen LogP contribution < -0.4 is 0 Å². The average Bonchev–Trinajstić information content (AvgIpc) is 3.26. The molecule has 0 aliphatic heterocycles. The molecule has 0 aromatic heterocycles. The Morgan fingerprint density at radius 1 is 0.361 bits per heavy atom. The molecule has 6 heteroatoms. The van der Waals surface area contributed by atoms with E-state index in [1.165, 1.54) is 44.9 Å². The molecule has 1 unspecified atom stereocenters. The zero-order valence-electron chi connectivity index (χ0n) is 39.4. The molecule has 0 saturated heterocycles. The molecule has 0 rings (SSSR count). The lowest BCUT2D eigenvalue weighted by Crippen LogP contribution is -2.30. The number of hydrogen-bond donors (Lipinski definition) is 0. The molecule has 0 bridgehead atoms. The van der Waals surface area contributed by atoms with E-state index in [0.29, 0.717) is 19.3 Å². The van der Waals surface area contributed by atoms with E-state index in [-0.39, 0.29) is 31.1 Å². The number of ether oxygens (including phenoxy) is 3. The van der Waals surface area contributed by atoms with Crippen molar-refractivity contribution < 1.29 is 28.6 Å². The first-order valence-electron chi connectivity index (χ1n) is 24.8. The molecule has 0 heterocycles. The van der Waals surface area contributed by atoms with E-state index in [1.807, 2.05) is 30.4 Å². The maximum Gasteiger partial charge on any atom is 0.306 e. The van der Waals surface area contributed by atoms with Gasteiger partial charge in [0.15, 0.2) is 6.10 Å². The highest BCUT2D eigenvalue weighted by Crippen LogP contribution is 2.13. The fourth-order valence-corrected chi connectivity index (χ4v) is 6.44. The Bertz CT molecular complexity index is 1250. The van der Waals surface area contributed by atoms with Gasteiger partial charge in [-0.1, -0.05) is 201 Å². The van der Waals surface area contributed by atoms with Gasteiger partial charge in [0.05, 0.1) is 0 Å². The lowest BCUT2D eigenvalue weighted by atomic mass is 10.1. The number of hydrogen-bond acceptors (Lipinski definition) is 6. The van der Waals surface area contributed by atoms with Gasteiger partial charge in [-0.25, -0.2) is 0 Å². The van der Waals surface area contributed by atoms with E-state index in [2.05, 4.69) is 87.6 Å². The van der Waals surface area contributed by atoms with Gasteiger partial charge in [0, 0.05) is 19.3 Å². The average molecular weight is 847 g/mol. The monoisotopic (exact) mass is 847 g/mol. The number of allylic oxidation sites excluding steroid dienone is 16. The Balaban J connectivity index is 4.48. The van der Waals surface area contributed by atoms with Crippen LogP contribution in [0, 0.1) is 0 Å². The van der Waals surface area contributed by atoms with Crippen molar-refractivity contribution in [3.05, 3.63) is 97.2 Å². The van der Waals surface area contributed by atoms with Crippen molar-refractivity contribution in [1.82, 2.24) is 0 Å². The first kappa shape index (κ1) is 57.3. The fourth-order valence-electron chi connectivity index (χ4n) is 6.44. The molecular formula is C55H90O6. The van der Waals surface area contributed by atoms with Crippen LogP contribution in [0.1, 0.15) is 213 Å². The molecule has 346 valence electrons. The van der Waals surface area contributed by atoms with Crippen LogP contribution >= 0.6 is 0 Å². The third kappa shape index (κ3) is 47.2. The zero-order chi connectivity index (χ0) is 44.4. The van der Waals surface area contributed by atoms with Gasteiger partial charge in [0.25, 0.3) is 0 Å². The van der Waals surface area contributed by atoms with Crippen LogP contribution in [-0.2, 0) is 28.6 Å². The molecule has 0 aliphatic carbocycles. The molecule has 6 nitrogen and oxygen atoms in total. The number of rotatable bonds is 43. The lowest BCUT2D eigenvalue weighted by Gasteiger charge is -2.18. The predicted molar refractivity (Wildman–Crippen MR) is 260 cm³/mol. The van der Waals surface area contributed by atoms with Crippen LogP contribution in [0.15, 0.2) is 97.2 Å². The van der Waals surface area contributed by atoms with Crippen LogP contribution in [0.2, 0.25) is 0 Å². The van der Waals surface area contributed by atoms with E-state index < -0.39 is 6.10 Å². The second-order valence-corrected chi connectivity index (χ2v) is 16.1. The molecule has 0 N–H and O–H groups in total. The van der Waals surface area contributed by atoms with Gasteiger partial charge >= 0.3 is 17.9 Å².